The second-order valence-corrected chi connectivity index (χ2v) is 8.96. The molecule has 3 aromatic rings. The van der Waals surface area contributed by atoms with Crippen LogP contribution in [0.4, 0.5) is 5.69 Å². The number of anilines is 1. The van der Waals surface area contributed by atoms with Crippen molar-refractivity contribution in [3.05, 3.63) is 59.9 Å². The average Bonchev–Trinajstić information content (AvgIpc) is 2.96. The zero-order valence-corrected chi connectivity index (χ0v) is 17.2. The predicted molar refractivity (Wildman–Crippen MR) is 113 cm³/mol. The molecular formula is C21H23N5O3S. The van der Waals surface area contributed by atoms with Gasteiger partial charge < -0.3 is 9.88 Å². The Kier molecular flexibility index (Phi) is 5.65. The SMILES string of the molecule is NS(=O)(=O)c1ccc(CC(=O)Nc2cccc(-c3nnc4n3CCCCC4)c2)cc1. The average molecular weight is 426 g/mol. The molecule has 3 N–H and O–H groups in total. The van der Waals surface area contributed by atoms with Gasteiger partial charge in [0, 0.05) is 24.2 Å². The molecule has 1 aromatic heterocycles. The number of aryl methyl sites for hydroxylation is 1. The Balaban J connectivity index is 1.47. The molecule has 1 aliphatic heterocycles. The van der Waals surface area contributed by atoms with Gasteiger partial charge in [0.05, 0.1) is 11.3 Å². The van der Waals surface area contributed by atoms with Gasteiger partial charge in [-0.2, -0.15) is 0 Å². The van der Waals surface area contributed by atoms with Crippen LogP contribution >= 0.6 is 0 Å². The predicted octanol–water partition coefficient (Wildman–Crippen LogP) is 2.50. The number of aromatic nitrogens is 3. The highest BCUT2D eigenvalue weighted by Crippen LogP contribution is 2.25. The largest absolute Gasteiger partial charge is 0.326 e. The summed E-state index contributed by atoms with van der Waals surface area (Å²) in [6.07, 6.45) is 4.49. The van der Waals surface area contributed by atoms with Crippen LogP contribution < -0.4 is 10.5 Å². The van der Waals surface area contributed by atoms with Gasteiger partial charge >= 0.3 is 0 Å². The van der Waals surface area contributed by atoms with Crippen LogP contribution in [0, 0.1) is 0 Å². The number of carbonyl (C=O) groups excluding carboxylic acids is 1. The smallest absolute Gasteiger partial charge is 0.238 e. The molecule has 2 aromatic carbocycles. The third-order valence-corrected chi connectivity index (χ3v) is 6.06. The first kappa shape index (κ1) is 20.2. The third kappa shape index (κ3) is 4.58. The molecule has 156 valence electrons. The quantitative estimate of drug-likeness (QED) is 0.651. The van der Waals surface area contributed by atoms with Crippen molar-refractivity contribution in [1.82, 2.24) is 14.8 Å². The van der Waals surface area contributed by atoms with Crippen LogP contribution in [0.15, 0.2) is 53.4 Å². The molecule has 0 spiro atoms. The molecule has 2 heterocycles. The van der Waals surface area contributed by atoms with Crippen molar-refractivity contribution >= 4 is 21.6 Å². The molecule has 0 saturated heterocycles. The van der Waals surface area contributed by atoms with Crippen LogP contribution in [0.25, 0.3) is 11.4 Å². The Morgan fingerprint density at radius 2 is 1.87 bits per heavy atom. The zero-order chi connectivity index (χ0) is 21.1. The van der Waals surface area contributed by atoms with E-state index in [1.165, 1.54) is 18.6 Å². The maximum Gasteiger partial charge on any atom is 0.238 e. The summed E-state index contributed by atoms with van der Waals surface area (Å²) >= 11 is 0. The number of nitrogens with one attached hydrogen (secondary N) is 1. The molecule has 30 heavy (non-hydrogen) atoms. The summed E-state index contributed by atoms with van der Waals surface area (Å²) in [5, 5.41) is 16.7. The first-order valence-corrected chi connectivity index (χ1v) is 11.4. The first-order valence-electron chi connectivity index (χ1n) is 9.84. The number of nitrogens with two attached hydrogens (primary N) is 1. The number of nitrogens with zero attached hydrogens (tertiary/aromatic N) is 3. The second-order valence-electron chi connectivity index (χ2n) is 7.40. The van der Waals surface area contributed by atoms with Gasteiger partial charge in [-0.05, 0) is 42.7 Å². The monoisotopic (exact) mass is 425 g/mol. The fourth-order valence-electron chi connectivity index (χ4n) is 3.62. The lowest BCUT2D eigenvalue weighted by Crippen LogP contribution is -2.15. The minimum absolute atomic E-state index is 0.0202. The lowest BCUT2D eigenvalue weighted by Gasteiger charge is -2.10. The molecule has 0 aliphatic carbocycles. The Morgan fingerprint density at radius 3 is 2.63 bits per heavy atom. The van der Waals surface area contributed by atoms with Crippen LogP contribution in [0.1, 0.15) is 30.7 Å². The highest BCUT2D eigenvalue weighted by molar-refractivity contribution is 7.89. The number of fused-ring (bicyclic) bond motifs is 1. The highest BCUT2D eigenvalue weighted by atomic mass is 32.2. The second kappa shape index (κ2) is 8.37. The van der Waals surface area contributed by atoms with Crippen LogP contribution in [-0.2, 0) is 34.2 Å². The van der Waals surface area contributed by atoms with E-state index in [-0.39, 0.29) is 17.2 Å². The van der Waals surface area contributed by atoms with Crippen LogP contribution in [-0.4, -0.2) is 29.1 Å². The van der Waals surface area contributed by atoms with Gasteiger partial charge in [0.25, 0.3) is 0 Å². The van der Waals surface area contributed by atoms with Crippen molar-refractivity contribution in [1.29, 1.82) is 0 Å². The van der Waals surface area contributed by atoms with Gasteiger partial charge in [-0.1, -0.05) is 30.7 Å². The Labute approximate surface area is 175 Å². The van der Waals surface area contributed by atoms with E-state index in [9.17, 15) is 13.2 Å². The van der Waals surface area contributed by atoms with Gasteiger partial charge in [0.2, 0.25) is 15.9 Å². The zero-order valence-electron chi connectivity index (χ0n) is 16.4. The van der Waals surface area contributed by atoms with Crippen molar-refractivity contribution in [2.45, 2.75) is 43.5 Å². The van der Waals surface area contributed by atoms with E-state index >= 15 is 0 Å². The van der Waals surface area contributed by atoms with E-state index in [2.05, 4.69) is 20.1 Å². The van der Waals surface area contributed by atoms with Crippen molar-refractivity contribution < 1.29 is 13.2 Å². The minimum atomic E-state index is -3.75. The van der Waals surface area contributed by atoms with Gasteiger partial charge in [-0.3, -0.25) is 4.79 Å². The number of sulfonamides is 1. The van der Waals surface area contributed by atoms with E-state index in [1.54, 1.807) is 12.1 Å². The Hall–Kier alpha value is -3.04. The van der Waals surface area contributed by atoms with Crippen LogP contribution in [0.2, 0.25) is 0 Å². The third-order valence-electron chi connectivity index (χ3n) is 5.13. The van der Waals surface area contributed by atoms with Gasteiger partial charge in [-0.15, -0.1) is 10.2 Å². The molecular weight excluding hydrogens is 402 g/mol. The van der Waals surface area contributed by atoms with E-state index in [1.807, 2.05) is 24.3 Å². The summed E-state index contributed by atoms with van der Waals surface area (Å²) in [4.78, 5) is 12.5. The lowest BCUT2D eigenvalue weighted by atomic mass is 10.1. The Morgan fingerprint density at radius 1 is 1.07 bits per heavy atom. The number of primary sulfonamides is 1. The molecule has 0 saturated carbocycles. The van der Waals surface area contributed by atoms with Crippen molar-refractivity contribution in [2.75, 3.05) is 5.32 Å². The fraction of sp³-hybridized carbons (Fsp3) is 0.286. The van der Waals surface area contributed by atoms with Gasteiger partial charge in [0.1, 0.15) is 5.82 Å². The Bertz CT molecular complexity index is 1170. The standard InChI is InChI=1S/C21H23N5O3S/c22-30(28,29)18-10-8-15(9-11-18)13-20(27)23-17-6-4-5-16(14-17)21-25-24-19-7-2-1-3-12-26(19)21/h4-6,8-11,14H,1-3,7,12-13H2,(H,23,27)(H2,22,28,29). The number of hydrogen-bond donors (Lipinski definition) is 2. The highest BCUT2D eigenvalue weighted by Gasteiger charge is 2.16. The molecule has 0 bridgehead atoms. The summed E-state index contributed by atoms with van der Waals surface area (Å²) in [6, 6.07) is 13.5. The number of amides is 1. The van der Waals surface area contributed by atoms with E-state index in [4.69, 9.17) is 5.14 Å². The molecule has 0 radical (unpaired) electrons. The number of carbonyl (C=O) groups is 1. The van der Waals surface area contributed by atoms with Crippen LogP contribution in [0.5, 0.6) is 0 Å². The molecule has 4 rings (SSSR count). The molecule has 0 fully saturated rings. The molecule has 0 unspecified atom stereocenters. The topological polar surface area (TPSA) is 120 Å². The molecule has 8 nitrogen and oxygen atoms in total. The van der Waals surface area contributed by atoms with Gasteiger partial charge in [-0.25, -0.2) is 13.6 Å². The summed E-state index contributed by atoms with van der Waals surface area (Å²) < 4.78 is 24.8. The summed E-state index contributed by atoms with van der Waals surface area (Å²) in [5.74, 6) is 1.64. The molecule has 9 heteroatoms. The van der Waals surface area contributed by atoms with Crippen molar-refractivity contribution in [2.24, 2.45) is 5.14 Å². The van der Waals surface area contributed by atoms with Crippen molar-refractivity contribution in [3.63, 3.8) is 0 Å². The molecule has 1 aliphatic rings. The van der Waals surface area contributed by atoms with Crippen LogP contribution in [0.3, 0.4) is 0 Å². The van der Waals surface area contributed by atoms with E-state index in [0.29, 0.717) is 11.3 Å². The van der Waals surface area contributed by atoms with E-state index < -0.39 is 10.0 Å². The van der Waals surface area contributed by atoms with Crippen molar-refractivity contribution in [3.8, 4) is 11.4 Å². The van der Waals surface area contributed by atoms with E-state index in [0.717, 1.165) is 43.0 Å². The summed E-state index contributed by atoms with van der Waals surface area (Å²) in [6.45, 7) is 0.906. The maximum atomic E-state index is 12.5. The fourth-order valence-corrected chi connectivity index (χ4v) is 4.14. The number of rotatable bonds is 5. The maximum absolute atomic E-state index is 12.5. The summed E-state index contributed by atoms with van der Waals surface area (Å²) in [5.41, 5.74) is 2.27. The lowest BCUT2D eigenvalue weighted by molar-refractivity contribution is -0.115. The normalized spacial score (nSPS) is 14.0. The molecule has 0 atom stereocenters. The van der Waals surface area contributed by atoms with Gasteiger partial charge in [0.15, 0.2) is 5.82 Å². The number of benzene rings is 2. The first-order chi connectivity index (χ1) is 14.4. The minimum Gasteiger partial charge on any atom is -0.326 e. The number of hydrogen-bond acceptors (Lipinski definition) is 5. The molecule has 1 amide bonds. The summed E-state index contributed by atoms with van der Waals surface area (Å²) in [7, 11) is -3.75.